The standard InChI is InChI=1S/C15H21FN2O3/c1-10-7-12(8-11(2)14(10)16)9-18-15(21)17-6-4-3-5-13(19)20/h7-8H,3-6,9H2,1-2H3,(H,19,20)(H2,17,18,21). The monoisotopic (exact) mass is 296 g/mol. The van der Waals surface area contributed by atoms with Gasteiger partial charge in [-0.05, 0) is 43.4 Å². The molecule has 2 amide bonds. The molecule has 0 aliphatic carbocycles. The lowest BCUT2D eigenvalue weighted by atomic mass is 10.1. The van der Waals surface area contributed by atoms with Crippen LogP contribution < -0.4 is 10.6 Å². The number of carboxylic acid groups (broad SMARTS) is 1. The van der Waals surface area contributed by atoms with Gasteiger partial charge in [-0.1, -0.05) is 12.1 Å². The zero-order chi connectivity index (χ0) is 15.8. The highest BCUT2D eigenvalue weighted by Gasteiger charge is 2.06. The molecule has 0 atom stereocenters. The molecule has 1 aromatic rings. The average molecular weight is 296 g/mol. The number of aryl methyl sites for hydroxylation is 2. The van der Waals surface area contributed by atoms with Gasteiger partial charge in [-0.25, -0.2) is 9.18 Å². The highest BCUT2D eigenvalue weighted by Crippen LogP contribution is 2.14. The number of nitrogens with one attached hydrogen (secondary N) is 2. The van der Waals surface area contributed by atoms with Crippen molar-refractivity contribution in [2.75, 3.05) is 6.54 Å². The van der Waals surface area contributed by atoms with Crippen LogP contribution in [0.1, 0.15) is 36.0 Å². The zero-order valence-electron chi connectivity index (χ0n) is 12.3. The molecule has 0 fully saturated rings. The number of urea groups is 1. The smallest absolute Gasteiger partial charge is 0.315 e. The van der Waals surface area contributed by atoms with E-state index < -0.39 is 5.97 Å². The van der Waals surface area contributed by atoms with Crippen LogP contribution in [-0.2, 0) is 11.3 Å². The Morgan fingerprint density at radius 2 is 1.76 bits per heavy atom. The van der Waals surface area contributed by atoms with Gasteiger partial charge < -0.3 is 15.7 Å². The first-order valence-electron chi connectivity index (χ1n) is 6.89. The SMILES string of the molecule is Cc1cc(CNC(=O)NCCCCC(=O)O)cc(C)c1F. The van der Waals surface area contributed by atoms with Crippen molar-refractivity contribution in [1.82, 2.24) is 10.6 Å². The van der Waals surface area contributed by atoms with Crippen LogP contribution in [0.15, 0.2) is 12.1 Å². The van der Waals surface area contributed by atoms with Gasteiger partial charge in [0.1, 0.15) is 5.82 Å². The molecule has 0 aromatic heterocycles. The van der Waals surface area contributed by atoms with Crippen LogP contribution in [0.4, 0.5) is 9.18 Å². The van der Waals surface area contributed by atoms with Gasteiger partial charge in [0.25, 0.3) is 0 Å². The number of benzene rings is 1. The van der Waals surface area contributed by atoms with E-state index in [4.69, 9.17) is 5.11 Å². The fourth-order valence-corrected chi connectivity index (χ4v) is 1.99. The number of carbonyl (C=O) groups excluding carboxylic acids is 1. The highest BCUT2D eigenvalue weighted by atomic mass is 19.1. The first kappa shape index (κ1) is 16.9. The van der Waals surface area contributed by atoms with Gasteiger partial charge in [-0.2, -0.15) is 0 Å². The van der Waals surface area contributed by atoms with Gasteiger partial charge in [-0.3, -0.25) is 4.79 Å². The quantitative estimate of drug-likeness (QED) is 0.676. The van der Waals surface area contributed by atoms with Crippen molar-refractivity contribution in [2.24, 2.45) is 0 Å². The van der Waals surface area contributed by atoms with E-state index in [1.165, 1.54) is 0 Å². The Bertz CT molecular complexity index is 495. The second-order valence-corrected chi connectivity index (χ2v) is 5.00. The normalized spacial score (nSPS) is 10.2. The van der Waals surface area contributed by atoms with Crippen molar-refractivity contribution in [3.63, 3.8) is 0 Å². The van der Waals surface area contributed by atoms with Gasteiger partial charge in [0.2, 0.25) is 0 Å². The summed E-state index contributed by atoms with van der Waals surface area (Å²) in [5.41, 5.74) is 1.95. The molecule has 5 nitrogen and oxygen atoms in total. The summed E-state index contributed by atoms with van der Waals surface area (Å²) in [6.07, 6.45) is 1.26. The van der Waals surface area contributed by atoms with Crippen LogP contribution in [0.3, 0.4) is 0 Å². The van der Waals surface area contributed by atoms with Crippen molar-refractivity contribution in [3.05, 3.63) is 34.6 Å². The fourth-order valence-electron chi connectivity index (χ4n) is 1.99. The molecular formula is C15H21FN2O3. The summed E-state index contributed by atoms with van der Waals surface area (Å²) in [6.45, 7) is 4.13. The minimum atomic E-state index is -0.832. The van der Waals surface area contributed by atoms with E-state index in [0.29, 0.717) is 37.1 Å². The average Bonchev–Trinajstić information content (AvgIpc) is 2.41. The van der Waals surface area contributed by atoms with Crippen molar-refractivity contribution < 1.29 is 19.1 Å². The molecule has 6 heteroatoms. The van der Waals surface area contributed by atoms with E-state index in [1.54, 1.807) is 26.0 Å². The van der Waals surface area contributed by atoms with Gasteiger partial charge in [0.05, 0.1) is 0 Å². The number of carboxylic acids is 1. The number of hydrogen-bond acceptors (Lipinski definition) is 2. The fraction of sp³-hybridized carbons (Fsp3) is 0.467. The number of hydrogen-bond donors (Lipinski definition) is 3. The third-order valence-corrected chi connectivity index (χ3v) is 3.05. The van der Waals surface area contributed by atoms with Gasteiger partial charge >= 0.3 is 12.0 Å². The lowest BCUT2D eigenvalue weighted by Crippen LogP contribution is -2.35. The molecule has 1 rings (SSSR count). The Morgan fingerprint density at radius 1 is 1.14 bits per heavy atom. The number of halogens is 1. The molecule has 0 bridgehead atoms. The summed E-state index contributed by atoms with van der Waals surface area (Å²) in [7, 11) is 0. The molecule has 1 aromatic carbocycles. The van der Waals surface area contributed by atoms with Crippen LogP contribution in [-0.4, -0.2) is 23.7 Å². The molecule has 3 N–H and O–H groups in total. The molecule has 0 aliphatic heterocycles. The minimum absolute atomic E-state index is 0.109. The van der Waals surface area contributed by atoms with E-state index >= 15 is 0 Å². The van der Waals surface area contributed by atoms with E-state index in [9.17, 15) is 14.0 Å². The molecule has 0 unspecified atom stereocenters. The van der Waals surface area contributed by atoms with E-state index in [1.807, 2.05) is 0 Å². The summed E-state index contributed by atoms with van der Waals surface area (Å²) in [5, 5.41) is 13.8. The van der Waals surface area contributed by atoms with Crippen molar-refractivity contribution in [1.29, 1.82) is 0 Å². The molecule has 0 spiro atoms. The largest absolute Gasteiger partial charge is 0.481 e. The summed E-state index contributed by atoms with van der Waals surface area (Å²) >= 11 is 0. The zero-order valence-corrected chi connectivity index (χ0v) is 12.3. The van der Waals surface area contributed by atoms with Crippen LogP contribution in [0.2, 0.25) is 0 Å². The van der Waals surface area contributed by atoms with Crippen molar-refractivity contribution in [3.8, 4) is 0 Å². The maximum Gasteiger partial charge on any atom is 0.315 e. The Morgan fingerprint density at radius 3 is 2.33 bits per heavy atom. The predicted molar refractivity (Wildman–Crippen MR) is 77.6 cm³/mol. The summed E-state index contributed by atoms with van der Waals surface area (Å²) in [4.78, 5) is 21.8. The van der Waals surface area contributed by atoms with Gasteiger partial charge in [0.15, 0.2) is 0 Å². The molecule has 116 valence electrons. The topological polar surface area (TPSA) is 78.4 Å². The number of unbranched alkanes of at least 4 members (excludes halogenated alkanes) is 1. The first-order chi connectivity index (χ1) is 9.90. The predicted octanol–water partition coefficient (Wildman–Crippen LogP) is 2.50. The highest BCUT2D eigenvalue weighted by molar-refractivity contribution is 5.73. The second kappa shape index (κ2) is 8.24. The van der Waals surface area contributed by atoms with Gasteiger partial charge in [0, 0.05) is 19.5 Å². The molecule has 0 heterocycles. The van der Waals surface area contributed by atoms with Gasteiger partial charge in [-0.15, -0.1) is 0 Å². The molecule has 0 saturated heterocycles. The van der Waals surface area contributed by atoms with Crippen LogP contribution in [0, 0.1) is 19.7 Å². The number of amides is 2. The maximum atomic E-state index is 13.5. The lowest BCUT2D eigenvalue weighted by molar-refractivity contribution is -0.137. The van der Waals surface area contributed by atoms with E-state index in [0.717, 1.165) is 5.56 Å². The molecule has 0 aliphatic rings. The molecule has 0 radical (unpaired) electrons. The second-order valence-electron chi connectivity index (χ2n) is 5.00. The van der Waals surface area contributed by atoms with Crippen molar-refractivity contribution >= 4 is 12.0 Å². The Labute approximate surface area is 123 Å². The van der Waals surface area contributed by atoms with Crippen LogP contribution >= 0.6 is 0 Å². The Balaban J connectivity index is 2.28. The summed E-state index contributed by atoms with van der Waals surface area (Å²) < 4.78 is 13.5. The summed E-state index contributed by atoms with van der Waals surface area (Å²) in [6, 6.07) is 3.09. The van der Waals surface area contributed by atoms with Crippen molar-refractivity contribution in [2.45, 2.75) is 39.7 Å². The van der Waals surface area contributed by atoms with E-state index in [2.05, 4.69) is 10.6 Å². The van der Waals surface area contributed by atoms with Crippen LogP contribution in [0.5, 0.6) is 0 Å². The Hall–Kier alpha value is -2.11. The molecule has 21 heavy (non-hydrogen) atoms. The lowest BCUT2D eigenvalue weighted by Gasteiger charge is -2.09. The van der Waals surface area contributed by atoms with E-state index in [-0.39, 0.29) is 18.3 Å². The molecular weight excluding hydrogens is 275 g/mol. The first-order valence-corrected chi connectivity index (χ1v) is 6.89. The molecule has 0 saturated carbocycles. The third kappa shape index (κ3) is 6.25. The minimum Gasteiger partial charge on any atom is -0.481 e. The number of rotatable bonds is 7. The number of carbonyl (C=O) groups is 2. The maximum absolute atomic E-state index is 13.5. The third-order valence-electron chi connectivity index (χ3n) is 3.05. The van der Waals surface area contributed by atoms with Crippen LogP contribution in [0.25, 0.3) is 0 Å². The summed E-state index contributed by atoms with van der Waals surface area (Å²) in [5.74, 6) is -1.05. The Kier molecular flexibility index (Phi) is 6.65. The number of aliphatic carboxylic acids is 1.